The van der Waals surface area contributed by atoms with Crippen LogP contribution < -0.4 is 11.5 Å². The molecule has 0 spiro atoms. The van der Waals surface area contributed by atoms with Crippen LogP contribution in [0.15, 0.2) is 54.6 Å². The molecule has 0 bridgehead atoms. The molecule has 0 aromatic heterocycles. The van der Waals surface area contributed by atoms with Crippen LogP contribution in [0, 0.1) is 22.0 Å². The molecule has 4 N–H and O–H groups in total. The Morgan fingerprint density at radius 3 is 2.37 bits per heavy atom. The first-order chi connectivity index (χ1) is 16.8. The average Bonchev–Trinajstić information content (AvgIpc) is 2.88. The predicted octanol–water partition coefficient (Wildman–Crippen LogP) is 1.43. The number of nitro groups is 1. The van der Waals surface area contributed by atoms with Gasteiger partial charge in [0.1, 0.15) is 18.8 Å². The predicted molar refractivity (Wildman–Crippen MR) is 124 cm³/mol. The van der Waals surface area contributed by atoms with Crippen molar-refractivity contribution in [2.75, 3.05) is 13.1 Å². The SMILES string of the molecule is NC(C(C=O)C(=O)OCc1ccccc1)N1CCC(C(N)(OC=O)c2ccccc2[N+](=O)[O-])CC1. The van der Waals surface area contributed by atoms with Gasteiger partial charge in [-0.05, 0) is 24.5 Å². The van der Waals surface area contributed by atoms with Crippen LogP contribution in [-0.2, 0) is 36.2 Å². The number of rotatable bonds is 11. The van der Waals surface area contributed by atoms with Gasteiger partial charge in [-0.1, -0.05) is 42.5 Å². The first kappa shape index (κ1) is 25.9. The fraction of sp³-hybridized carbons (Fsp3) is 0.375. The summed E-state index contributed by atoms with van der Waals surface area (Å²) < 4.78 is 10.5. The minimum absolute atomic E-state index is 0.0212. The highest BCUT2D eigenvalue weighted by molar-refractivity contribution is 5.88. The Morgan fingerprint density at radius 2 is 1.77 bits per heavy atom. The molecule has 3 atom stereocenters. The van der Waals surface area contributed by atoms with Crippen molar-refractivity contribution in [2.24, 2.45) is 23.3 Å². The van der Waals surface area contributed by atoms with E-state index in [0.717, 1.165) is 5.56 Å². The van der Waals surface area contributed by atoms with Crippen molar-refractivity contribution >= 4 is 24.4 Å². The van der Waals surface area contributed by atoms with Gasteiger partial charge in [0.25, 0.3) is 12.2 Å². The minimum atomic E-state index is -1.72. The molecule has 0 radical (unpaired) electrons. The summed E-state index contributed by atoms with van der Waals surface area (Å²) in [6.07, 6.45) is 0.255. The van der Waals surface area contributed by atoms with Crippen LogP contribution in [0.4, 0.5) is 5.69 Å². The van der Waals surface area contributed by atoms with Crippen LogP contribution in [-0.4, -0.2) is 47.8 Å². The van der Waals surface area contributed by atoms with E-state index in [1.165, 1.54) is 18.2 Å². The van der Waals surface area contributed by atoms with Crippen LogP contribution in [0.25, 0.3) is 0 Å². The number of ether oxygens (including phenoxy) is 2. The second kappa shape index (κ2) is 11.6. The largest absolute Gasteiger partial charge is 0.460 e. The van der Waals surface area contributed by atoms with Gasteiger partial charge in [-0.25, -0.2) is 0 Å². The zero-order valence-electron chi connectivity index (χ0n) is 19.0. The van der Waals surface area contributed by atoms with E-state index in [1.807, 2.05) is 18.2 Å². The summed E-state index contributed by atoms with van der Waals surface area (Å²) in [5, 5.41) is 11.5. The molecule has 1 heterocycles. The van der Waals surface area contributed by atoms with Crippen molar-refractivity contribution in [1.82, 2.24) is 4.90 Å². The molecular formula is C24H28N4O7. The fourth-order valence-corrected chi connectivity index (χ4v) is 4.38. The third-order valence-corrected chi connectivity index (χ3v) is 6.33. The number of hydrogen-bond donors (Lipinski definition) is 2. The lowest BCUT2D eigenvalue weighted by molar-refractivity contribution is -0.387. The van der Waals surface area contributed by atoms with Gasteiger partial charge in [-0.2, -0.15) is 0 Å². The Bertz CT molecular complexity index is 1040. The number of carbonyl (C=O) groups excluding carboxylic acids is 3. The van der Waals surface area contributed by atoms with Gasteiger partial charge in [-0.3, -0.25) is 30.3 Å². The van der Waals surface area contributed by atoms with E-state index < -0.39 is 34.6 Å². The van der Waals surface area contributed by atoms with Gasteiger partial charge >= 0.3 is 5.97 Å². The summed E-state index contributed by atoms with van der Waals surface area (Å²) >= 11 is 0. The molecule has 1 aliphatic rings. The molecule has 0 amide bonds. The van der Waals surface area contributed by atoms with Crippen LogP contribution >= 0.6 is 0 Å². The highest BCUT2D eigenvalue weighted by atomic mass is 16.6. The summed E-state index contributed by atoms with van der Waals surface area (Å²) in [5.74, 6) is -2.38. The molecule has 35 heavy (non-hydrogen) atoms. The molecule has 186 valence electrons. The van der Waals surface area contributed by atoms with E-state index >= 15 is 0 Å². The first-order valence-corrected chi connectivity index (χ1v) is 11.1. The number of likely N-dealkylation sites (tertiary alicyclic amines) is 1. The van der Waals surface area contributed by atoms with Gasteiger partial charge in [0.2, 0.25) is 0 Å². The van der Waals surface area contributed by atoms with Crippen molar-refractivity contribution in [1.29, 1.82) is 0 Å². The Labute approximate surface area is 202 Å². The number of para-hydroxylation sites is 1. The lowest BCUT2D eigenvalue weighted by atomic mass is 9.81. The molecule has 1 aliphatic heterocycles. The second-order valence-electron chi connectivity index (χ2n) is 8.34. The standard InChI is InChI=1S/C24H28N4O7/c25-22(19(14-29)23(31)34-15-17-6-2-1-3-7-17)27-12-10-18(11-13-27)24(26,35-16-30)20-8-4-5-9-21(20)28(32)33/h1-9,14,16,18-19,22H,10-13,15,25-26H2. The molecular weight excluding hydrogens is 456 g/mol. The molecule has 2 aromatic rings. The number of aldehydes is 1. The quantitative estimate of drug-likeness (QED) is 0.119. The van der Waals surface area contributed by atoms with Crippen molar-refractivity contribution in [3.63, 3.8) is 0 Å². The smallest absolute Gasteiger partial charge is 0.319 e. The first-order valence-electron chi connectivity index (χ1n) is 11.1. The molecule has 2 aromatic carbocycles. The third-order valence-electron chi connectivity index (χ3n) is 6.33. The number of nitro benzene ring substituents is 1. The summed E-state index contributed by atoms with van der Waals surface area (Å²) in [4.78, 5) is 48.2. The van der Waals surface area contributed by atoms with Crippen molar-refractivity contribution < 1.29 is 28.8 Å². The topological polar surface area (TPSA) is 168 Å². The molecule has 3 unspecified atom stereocenters. The Morgan fingerprint density at radius 1 is 1.14 bits per heavy atom. The maximum Gasteiger partial charge on any atom is 0.319 e. The van der Waals surface area contributed by atoms with Crippen LogP contribution in [0.1, 0.15) is 24.0 Å². The Balaban J connectivity index is 1.67. The van der Waals surface area contributed by atoms with Gasteiger partial charge in [0.05, 0.1) is 16.7 Å². The van der Waals surface area contributed by atoms with Crippen LogP contribution in [0.5, 0.6) is 0 Å². The van der Waals surface area contributed by atoms with E-state index in [1.54, 1.807) is 23.1 Å². The molecule has 0 saturated carbocycles. The average molecular weight is 485 g/mol. The van der Waals surface area contributed by atoms with E-state index in [4.69, 9.17) is 20.9 Å². The molecule has 1 fully saturated rings. The summed E-state index contributed by atoms with van der Waals surface area (Å²) in [5.41, 5.74) is 11.6. The number of nitrogens with zero attached hydrogens (tertiary/aromatic N) is 2. The maximum absolute atomic E-state index is 12.5. The van der Waals surface area contributed by atoms with Crippen molar-refractivity contribution in [3.05, 3.63) is 75.8 Å². The van der Waals surface area contributed by atoms with Gasteiger partial charge < -0.3 is 20.0 Å². The van der Waals surface area contributed by atoms with Crippen molar-refractivity contribution in [2.45, 2.75) is 31.3 Å². The zero-order chi connectivity index (χ0) is 25.4. The third kappa shape index (κ3) is 5.88. The summed E-state index contributed by atoms with van der Waals surface area (Å²) in [6.45, 7) is 0.848. The number of nitrogens with two attached hydrogens (primary N) is 2. The minimum Gasteiger partial charge on any atom is -0.460 e. The van der Waals surface area contributed by atoms with Crippen molar-refractivity contribution in [3.8, 4) is 0 Å². The summed E-state index contributed by atoms with van der Waals surface area (Å²) in [7, 11) is 0. The summed E-state index contributed by atoms with van der Waals surface area (Å²) in [6, 6.07) is 14.9. The van der Waals surface area contributed by atoms with E-state index in [-0.39, 0.29) is 24.3 Å². The van der Waals surface area contributed by atoms with E-state index in [0.29, 0.717) is 32.2 Å². The van der Waals surface area contributed by atoms with Crippen LogP contribution in [0.2, 0.25) is 0 Å². The molecule has 3 rings (SSSR count). The van der Waals surface area contributed by atoms with E-state index in [9.17, 15) is 24.5 Å². The maximum atomic E-state index is 12.5. The number of hydrogen-bond acceptors (Lipinski definition) is 10. The van der Waals surface area contributed by atoms with Gasteiger partial charge in [0.15, 0.2) is 5.72 Å². The highest BCUT2D eigenvalue weighted by Crippen LogP contribution is 2.39. The normalized spacial score (nSPS) is 18.0. The number of carbonyl (C=O) groups is 3. The van der Waals surface area contributed by atoms with Crippen LogP contribution in [0.3, 0.4) is 0 Å². The Hall–Kier alpha value is -3.67. The highest BCUT2D eigenvalue weighted by Gasteiger charge is 2.45. The molecule has 11 heteroatoms. The number of benzene rings is 2. The number of esters is 1. The zero-order valence-corrected chi connectivity index (χ0v) is 19.0. The monoisotopic (exact) mass is 484 g/mol. The fourth-order valence-electron chi connectivity index (χ4n) is 4.38. The second-order valence-corrected chi connectivity index (χ2v) is 8.34. The van der Waals surface area contributed by atoms with Gasteiger partial charge in [0, 0.05) is 25.1 Å². The molecule has 11 nitrogen and oxygen atoms in total. The number of piperidine rings is 1. The van der Waals surface area contributed by atoms with E-state index in [2.05, 4.69) is 0 Å². The Kier molecular flexibility index (Phi) is 8.63. The molecule has 0 aliphatic carbocycles. The molecule has 1 saturated heterocycles. The van der Waals surface area contributed by atoms with Gasteiger partial charge in [-0.15, -0.1) is 0 Å². The lowest BCUT2D eigenvalue weighted by Crippen LogP contribution is -2.56. The lowest BCUT2D eigenvalue weighted by Gasteiger charge is -2.42.